The largest absolute Gasteiger partial charge is 0.489 e. The highest BCUT2D eigenvalue weighted by molar-refractivity contribution is 6.27. The Hall–Kier alpha value is -1.75. The lowest BCUT2D eigenvalue weighted by molar-refractivity contribution is -0.134. The number of rotatable bonds is 6. The third-order valence-corrected chi connectivity index (χ3v) is 6.17. The van der Waals surface area contributed by atoms with E-state index in [-0.39, 0.29) is 29.2 Å². The molecule has 0 radical (unpaired) electrons. The van der Waals surface area contributed by atoms with Crippen LogP contribution in [0.4, 0.5) is 0 Å². The van der Waals surface area contributed by atoms with Crippen LogP contribution in [0.5, 0.6) is 5.75 Å². The van der Waals surface area contributed by atoms with E-state index in [1.165, 1.54) is 5.56 Å². The maximum Gasteiger partial charge on any atom is 0.234 e. The van der Waals surface area contributed by atoms with E-state index in [9.17, 15) is 9.59 Å². The molecule has 5 nitrogen and oxygen atoms in total. The molecule has 2 amide bonds. The third kappa shape index (κ3) is 4.95. The third-order valence-electron chi connectivity index (χ3n) is 5.93. The number of benzene rings is 1. The summed E-state index contributed by atoms with van der Waals surface area (Å²) in [6.45, 7) is 6.51. The molecule has 27 heavy (non-hydrogen) atoms. The lowest BCUT2D eigenvalue weighted by atomic mass is 9.73. The zero-order valence-corrected chi connectivity index (χ0v) is 16.9. The minimum absolute atomic E-state index is 0.00384. The van der Waals surface area contributed by atoms with Crippen LogP contribution in [-0.4, -0.2) is 48.3 Å². The summed E-state index contributed by atoms with van der Waals surface area (Å²) in [5, 5.41) is 2.89. The molecule has 0 bridgehead atoms. The quantitative estimate of drug-likeness (QED) is 0.757. The topological polar surface area (TPSA) is 58.6 Å². The zero-order chi connectivity index (χ0) is 19.4. The van der Waals surface area contributed by atoms with Gasteiger partial charge in [0.15, 0.2) is 0 Å². The molecule has 1 aromatic rings. The van der Waals surface area contributed by atoms with E-state index < -0.39 is 0 Å². The van der Waals surface area contributed by atoms with E-state index in [4.69, 9.17) is 16.3 Å². The fraction of sp³-hybridized carbons (Fsp3) is 0.619. The molecule has 3 rings (SSSR count). The fourth-order valence-corrected chi connectivity index (χ4v) is 4.21. The second-order valence-electron chi connectivity index (χ2n) is 8.31. The Balaban J connectivity index is 1.45. The van der Waals surface area contributed by atoms with Crippen LogP contribution in [0, 0.1) is 11.3 Å². The summed E-state index contributed by atoms with van der Waals surface area (Å²) in [6, 6.07) is 8.01. The number of amides is 2. The number of piperidine rings is 1. The summed E-state index contributed by atoms with van der Waals surface area (Å²) in [6.07, 6.45) is 3.12. The van der Waals surface area contributed by atoms with Gasteiger partial charge in [0.25, 0.3) is 0 Å². The average Bonchev–Trinajstić information content (AvgIpc) is 3.08. The number of halogens is 1. The highest BCUT2D eigenvalue weighted by Crippen LogP contribution is 2.35. The van der Waals surface area contributed by atoms with Gasteiger partial charge in [0.1, 0.15) is 17.7 Å². The lowest BCUT2D eigenvalue weighted by Gasteiger charge is -2.41. The van der Waals surface area contributed by atoms with Crippen LogP contribution in [-0.2, 0) is 16.0 Å². The smallest absolute Gasteiger partial charge is 0.234 e. The van der Waals surface area contributed by atoms with Crippen molar-refractivity contribution < 1.29 is 14.3 Å². The molecular weight excluding hydrogens is 364 g/mol. The van der Waals surface area contributed by atoms with Gasteiger partial charge >= 0.3 is 0 Å². The summed E-state index contributed by atoms with van der Waals surface area (Å²) in [7, 11) is 0. The monoisotopic (exact) mass is 392 g/mol. The van der Waals surface area contributed by atoms with Gasteiger partial charge in [0.05, 0.1) is 6.42 Å². The molecule has 1 N–H and O–H groups in total. The molecule has 1 aromatic carbocycles. The van der Waals surface area contributed by atoms with Crippen LogP contribution in [0.1, 0.15) is 38.7 Å². The van der Waals surface area contributed by atoms with E-state index in [0.717, 1.165) is 38.1 Å². The van der Waals surface area contributed by atoms with E-state index in [2.05, 4.69) is 25.2 Å². The predicted molar refractivity (Wildman–Crippen MR) is 106 cm³/mol. The van der Waals surface area contributed by atoms with Crippen molar-refractivity contribution in [1.82, 2.24) is 10.2 Å². The molecular formula is C21H29ClN2O3. The summed E-state index contributed by atoms with van der Waals surface area (Å²) in [5.74, 6) is 1.43. The first-order valence-electron chi connectivity index (χ1n) is 9.74. The van der Waals surface area contributed by atoms with Crippen molar-refractivity contribution in [3.63, 3.8) is 0 Å². The first kappa shape index (κ1) is 20.0. The van der Waals surface area contributed by atoms with Gasteiger partial charge < -0.3 is 15.0 Å². The maximum atomic E-state index is 12.7. The van der Waals surface area contributed by atoms with Crippen molar-refractivity contribution in [1.29, 1.82) is 0 Å². The molecule has 0 spiro atoms. The van der Waals surface area contributed by atoms with Crippen molar-refractivity contribution in [3.8, 4) is 5.75 Å². The molecule has 1 fully saturated rings. The maximum absolute atomic E-state index is 12.7. The van der Waals surface area contributed by atoms with Crippen LogP contribution in [0.2, 0.25) is 0 Å². The van der Waals surface area contributed by atoms with Gasteiger partial charge in [0.2, 0.25) is 11.8 Å². The molecule has 148 valence electrons. The zero-order valence-electron chi connectivity index (χ0n) is 16.2. The molecule has 0 aromatic heterocycles. The van der Waals surface area contributed by atoms with Crippen LogP contribution >= 0.6 is 11.6 Å². The predicted octanol–water partition coefficient (Wildman–Crippen LogP) is 3.00. The second kappa shape index (κ2) is 8.51. The number of para-hydroxylation sites is 1. The molecule has 1 saturated heterocycles. The van der Waals surface area contributed by atoms with Gasteiger partial charge in [-0.1, -0.05) is 32.0 Å². The van der Waals surface area contributed by atoms with Crippen LogP contribution in [0.25, 0.3) is 0 Å². The number of nitrogens with zero attached hydrogens (tertiary/aromatic N) is 1. The Labute approximate surface area is 166 Å². The summed E-state index contributed by atoms with van der Waals surface area (Å²) in [4.78, 5) is 26.1. The van der Waals surface area contributed by atoms with Gasteiger partial charge in [-0.25, -0.2) is 0 Å². The van der Waals surface area contributed by atoms with Gasteiger partial charge in [-0.15, -0.1) is 11.6 Å². The van der Waals surface area contributed by atoms with Crippen molar-refractivity contribution >= 4 is 23.4 Å². The van der Waals surface area contributed by atoms with Crippen molar-refractivity contribution in [3.05, 3.63) is 29.8 Å². The Kier molecular flexibility index (Phi) is 6.30. The number of carbonyl (C=O) groups excluding carboxylic acids is 2. The summed E-state index contributed by atoms with van der Waals surface area (Å²) in [5.41, 5.74) is 1.18. The van der Waals surface area contributed by atoms with Crippen molar-refractivity contribution in [2.45, 2.75) is 45.6 Å². The SMILES string of the molecule is CC(C)(CNC(=O)CCl)C1CCN(C(=O)CC2Cc3ccccc3O2)CC1. The molecule has 1 unspecified atom stereocenters. The standard InChI is InChI=1S/C21H29ClN2O3/c1-21(2,14-23-19(25)13-22)16-7-9-24(10-8-16)20(26)12-17-11-15-5-3-4-6-18(15)27-17/h3-6,16-17H,7-14H2,1-2H3,(H,23,25). The van der Waals surface area contributed by atoms with Crippen LogP contribution < -0.4 is 10.1 Å². The minimum atomic E-state index is -0.130. The molecule has 2 aliphatic heterocycles. The molecule has 6 heteroatoms. The van der Waals surface area contributed by atoms with Crippen molar-refractivity contribution in [2.24, 2.45) is 11.3 Å². The second-order valence-corrected chi connectivity index (χ2v) is 8.58. The average molecular weight is 393 g/mol. The van der Waals surface area contributed by atoms with E-state index in [1.807, 2.05) is 23.1 Å². The highest BCUT2D eigenvalue weighted by atomic mass is 35.5. The molecule has 2 heterocycles. The molecule has 0 saturated carbocycles. The summed E-state index contributed by atoms with van der Waals surface area (Å²) >= 11 is 5.55. The Bertz CT molecular complexity index is 659. The van der Waals surface area contributed by atoms with Gasteiger partial charge in [-0.3, -0.25) is 9.59 Å². The summed E-state index contributed by atoms with van der Waals surface area (Å²) < 4.78 is 5.91. The number of hydrogen-bond donors (Lipinski definition) is 1. The number of carbonyl (C=O) groups is 2. The Morgan fingerprint density at radius 3 is 2.63 bits per heavy atom. The normalized spacial score (nSPS) is 20.1. The fourth-order valence-electron chi connectivity index (χ4n) is 4.12. The number of alkyl halides is 1. The van der Waals surface area contributed by atoms with E-state index in [1.54, 1.807) is 0 Å². The molecule has 0 aliphatic carbocycles. The molecule has 1 atom stereocenters. The van der Waals surface area contributed by atoms with Crippen LogP contribution in [0.15, 0.2) is 24.3 Å². The van der Waals surface area contributed by atoms with Gasteiger partial charge in [-0.2, -0.15) is 0 Å². The minimum Gasteiger partial charge on any atom is -0.489 e. The number of nitrogens with one attached hydrogen (secondary N) is 1. The van der Waals surface area contributed by atoms with Gasteiger partial charge in [-0.05, 0) is 35.8 Å². The molecule has 2 aliphatic rings. The number of hydrogen-bond acceptors (Lipinski definition) is 3. The number of ether oxygens (including phenoxy) is 1. The lowest BCUT2D eigenvalue weighted by Crippen LogP contribution is -2.46. The first-order chi connectivity index (χ1) is 12.9. The number of fused-ring (bicyclic) bond motifs is 1. The number of likely N-dealkylation sites (tertiary alicyclic amines) is 1. The Morgan fingerprint density at radius 1 is 1.26 bits per heavy atom. The van der Waals surface area contributed by atoms with E-state index in [0.29, 0.717) is 18.9 Å². The van der Waals surface area contributed by atoms with E-state index >= 15 is 0 Å². The van der Waals surface area contributed by atoms with Gasteiger partial charge in [0, 0.05) is 26.1 Å². The first-order valence-corrected chi connectivity index (χ1v) is 10.3. The Morgan fingerprint density at radius 2 is 1.96 bits per heavy atom. The van der Waals surface area contributed by atoms with Crippen molar-refractivity contribution in [2.75, 3.05) is 25.5 Å². The highest BCUT2D eigenvalue weighted by Gasteiger charge is 2.35. The van der Waals surface area contributed by atoms with Crippen LogP contribution in [0.3, 0.4) is 0 Å².